The number of rotatable bonds is 10. The van der Waals surface area contributed by atoms with E-state index >= 15 is 0 Å². The van der Waals surface area contributed by atoms with Crippen molar-refractivity contribution in [3.05, 3.63) is 89.0 Å². The lowest BCUT2D eigenvalue weighted by molar-refractivity contribution is -0.131. The number of benzene rings is 3. The van der Waals surface area contributed by atoms with Gasteiger partial charge in [0, 0.05) is 18.8 Å². The molecule has 0 saturated carbocycles. The van der Waals surface area contributed by atoms with Gasteiger partial charge in [0.25, 0.3) is 10.0 Å². The lowest BCUT2D eigenvalue weighted by atomic mass is 9.86. The van der Waals surface area contributed by atoms with Crippen molar-refractivity contribution in [3.63, 3.8) is 0 Å². The number of fused-ring (bicyclic) bond motifs is 1. The van der Waals surface area contributed by atoms with Gasteiger partial charge in [-0.25, -0.2) is 8.42 Å². The number of sulfonamides is 1. The van der Waals surface area contributed by atoms with E-state index in [-0.39, 0.29) is 29.0 Å². The first-order valence-corrected chi connectivity index (χ1v) is 14.3. The van der Waals surface area contributed by atoms with Crippen LogP contribution in [-0.2, 0) is 32.5 Å². The highest BCUT2D eigenvalue weighted by atomic mass is 32.2. The standard InChI is InChI=1S/C30H33N3O6S/c1-33(30(35)18-21-6-4-8-24(16-21)38-2)26-9-5-7-22-12-13-23(19-25(22)26)32-40(36,37)28-17-20(11-15-29(31)34)10-14-27(28)39-3/h4,6,8,10-17,19,26,32H,5,7,9,18H2,1-3H3,(H2,31,34)/b15-11+. The summed E-state index contributed by atoms with van der Waals surface area (Å²) >= 11 is 0. The quantitative estimate of drug-likeness (QED) is 0.358. The summed E-state index contributed by atoms with van der Waals surface area (Å²) in [5.41, 5.74) is 8.87. The summed E-state index contributed by atoms with van der Waals surface area (Å²) < 4.78 is 40.1. The number of ether oxygens (including phenoxy) is 2. The Kier molecular flexibility index (Phi) is 8.79. The Bertz CT molecular complexity index is 1550. The molecule has 9 nitrogen and oxygen atoms in total. The van der Waals surface area contributed by atoms with Gasteiger partial charge in [-0.2, -0.15) is 0 Å². The van der Waals surface area contributed by atoms with Crippen LogP contribution in [0.15, 0.2) is 71.6 Å². The van der Waals surface area contributed by atoms with Crippen LogP contribution < -0.4 is 19.9 Å². The Morgan fingerprint density at radius 3 is 2.60 bits per heavy atom. The number of nitrogens with zero attached hydrogens (tertiary/aromatic N) is 1. The van der Waals surface area contributed by atoms with E-state index in [0.717, 1.165) is 42.0 Å². The largest absolute Gasteiger partial charge is 0.497 e. The molecule has 210 valence electrons. The van der Waals surface area contributed by atoms with Gasteiger partial charge in [0.1, 0.15) is 16.4 Å². The summed E-state index contributed by atoms with van der Waals surface area (Å²) in [4.78, 5) is 26.0. The predicted molar refractivity (Wildman–Crippen MR) is 154 cm³/mol. The fraction of sp³-hybridized carbons (Fsp3) is 0.267. The van der Waals surface area contributed by atoms with Crippen molar-refractivity contribution < 1.29 is 27.5 Å². The normalized spacial score (nSPS) is 14.8. The van der Waals surface area contributed by atoms with Crippen LogP contribution in [-0.4, -0.2) is 46.4 Å². The fourth-order valence-electron chi connectivity index (χ4n) is 4.89. The SMILES string of the molecule is COc1cccc(CC(=O)N(C)C2CCCc3ccc(NS(=O)(=O)c4cc(/C=C/C(N)=O)ccc4OC)cc32)c1. The van der Waals surface area contributed by atoms with Gasteiger partial charge in [-0.1, -0.05) is 24.3 Å². The smallest absolute Gasteiger partial charge is 0.265 e. The number of nitrogens with two attached hydrogens (primary N) is 1. The molecule has 0 spiro atoms. The van der Waals surface area contributed by atoms with Gasteiger partial charge in [0.15, 0.2) is 0 Å². The number of hydrogen-bond acceptors (Lipinski definition) is 6. The Morgan fingerprint density at radius 2 is 1.88 bits per heavy atom. The van der Waals surface area contributed by atoms with Crippen LogP contribution in [0.25, 0.3) is 6.08 Å². The summed E-state index contributed by atoms with van der Waals surface area (Å²) in [5, 5.41) is 0. The number of carbonyl (C=O) groups is 2. The van der Waals surface area contributed by atoms with Crippen LogP contribution in [0, 0.1) is 0 Å². The van der Waals surface area contributed by atoms with Gasteiger partial charge in [-0.05, 0) is 84.0 Å². The molecule has 0 aromatic heterocycles. The van der Waals surface area contributed by atoms with Crippen molar-refractivity contribution in [1.82, 2.24) is 4.90 Å². The number of hydrogen-bond donors (Lipinski definition) is 2. The first-order valence-electron chi connectivity index (χ1n) is 12.8. The molecule has 3 N–H and O–H groups in total. The molecular weight excluding hydrogens is 530 g/mol. The first-order chi connectivity index (χ1) is 19.1. The van der Waals surface area contributed by atoms with E-state index in [1.165, 1.54) is 25.3 Å². The van der Waals surface area contributed by atoms with Crippen LogP contribution in [0.1, 0.15) is 41.1 Å². The number of primary amides is 1. The molecule has 1 aliphatic rings. The Labute approximate surface area is 234 Å². The molecule has 0 saturated heterocycles. The zero-order valence-electron chi connectivity index (χ0n) is 22.7. The third-order valence-electron chi connectivity index (χ3n) is 6.95. The molecule has 0 aliphatic heterocycles. The highest BCUT2D eigenvalue weighted by Gasteiger charge is 2.28. The van der Waals surface area contributed by atoms with Gasteiger partial charge < -0.3 is 20.1 Å². The van der Waals surface area contributed by atoms with E-state index in [4.69, 9.17) is 15.2 Å². The Balaban J connectivity index is 1.59. The monoisotopic (exact) mass is 563 g/mol. The third-order valence-corrected chi connectivity index (χ3v) is 8.35. The first kappa shape index (κ1) is 28.7. The minimum Gasteiger partial charge on any atom is -0.497 e. The van der Waals surface area contributed by atoms with Crippen molar-refractivity contribution >= 4 is 33.6 Å². The lowest BCUT2D eigenvalue weighted by Crippen LogP contribution is -2.34. The second-order valence-electron chi connectivity index (χ2n) is 9.61. The van der Waals surface area contributed by atoms with E-state index in [2.05, 4.69) is 4.72 Å². The summed E-state index contributed by atoms with van der Waals surface area (Å²) in [6.07, 6.45) is 5.35. The maximum atomic E-state index is 13.4. The van der Waals surface area contributed by atoms with Gasteiger partial charge in [0.2, 0.25) is 11.8 Å². The highest BCUT2D eigenvalue weighted by molar-refractivity contribution is 7.92. The molecule has 40 heavy (non-hydrogen) atoms. The Hall–Kier alpha value is -4.31. The second-order valence-corrected chi connectivity index (χ2v) is 11.3. The van der Waals surface area contributed by atoms with E-state index in [1.54, 1.807) is 37.3 Å². The van der Waals surface area contributed by atoms with Crippen molar-refractivity contribution in [3.8, 4) is 11.5 Å². The molecular formula is C30H33N3O6S. The van der Waals surface area contributed by atoms with Gasteiger partial charge >= 0.3 is 0 Å². The molecule has 0 bridgehead atoms. The van der Waals surface area contributed by atoms with Crippen molar-refractivity contribution in [2.24, 2.45) is 5.73 Å². The molecule has 3 aromatic rings. The zero-order chi connectivity index (χ0) is 28.9. The molecule has 0 radical (unpaired) electrons. The number of anilines is 1. The van der Waals surface area contributed by atoms with Gasteiger partial charge in [-0.3, -0.25) is 14.3 Å². The van der Waals surface area contributed by atoms with E-state index < -0.39 is 15.9 Å². The molecule has 3 aromatic carbocycles. The van der Waals surface area contributed by atoms with Gasteiger partial charge in [-0.15, -0.1) is 0 Å². The average Bonchev–Trinajstić information content (AvgIpc) is 2.95. The number of nitrogens with one attached hydrogen (secondary N) is 1. The molecule has 2 amide bonds. The summed E-state index contributed by atoms with van der Waals surface area (Å²) in [7, 11) is 0.697. The maximum Gasteiger partial charge on any atom is 0.265 e. The molecule has 0 fully saturated rings. The minimum absolute atomic E-state index is 0.0392. The zero-order valence-corrected chi connectivity index (χ0v) is 23.5. The highest BCUT2D eigenvalue weighted by Crippen LogP contribution is 2.36. The minimum atomic E-state index is -4.06. The summed E-state index contributed by atoms with van der Waals surface area (Å²) in [5.74, 6) is 0.165. The van der Waals surface area contributed by atoms with Crippen LogP contribution in [0.4, 0.5) is 5.69 Å². The van der Waals surface area contributed by atoms with E-state index in [0.29, 0.717) is 17.0 Å². The number of carbonyl (C=O) groups excluding carboxylic acids is 2. The molecule has 0 heterocycles. The topological polar surface area (TPSA) is 128 Å². The molecule has 1 atom stereocenters. The van der Waals surface area contributed by atoms with Crippen LogP contribution in [0.2, 0.25) is 0 Å². The number of aryl methyl sites for hydroxylation is 1. The van der Waals surface area contributed by atoms with E-state index in [9.17, 15) is 18.0 Å². The summed E-state index contributed by atoms with van der Waals surface area (Å²) in [6, 6.07) is 17.2. The second kappa shape index (κ2) is 12.3. The van der Waals surface area contributed by atoms with Crippen molar-refractivity contribution in [2.45, 2.75) is 36.6 Å². The maximum absolute atomic E-state index is 13.4. The van der Waals surface area contributed by atoms with Crippen LogP contribution in [0.5, 0.6) is 11.5 Å². The molecule has 10 heteroatoms. The Morgan fingerprint density at radius 1 is 1.07 bits per heavy atom. The summed E-state index contributed by atoms with van der Waals surface area (Å²) in [6.45, 7) is 0. The van der Waals surface area contributed by atoms with Crippen LogP contribution in [0.3, 0.4) is 0 Å². The van der Waals surface area contributed by atoms with Gasteiger partial charge in [0.05, 0.1) is 26.7 Å². The van der Waals surface area contributed by atoms with Crippen molar-refractivity contribution in [2.75, 3.05) is 26.0 Å². The number of amides is 2. The van der Waals surface area contributed by atoms with Crippen molar-refractivity contribution in [1.29, 1.82) is 0 Å². The van der Waals surface area contributed by atoms with Crippen LogP contribution >= 0.6 is 0 Å². The molecule has 4 rings (SSSR count). The molecule has 1 aliphatic carbocycles. The van der Waals surface area contributed by atoms with E-state index in [1.807, 2.05) is 30.3 Å². The lowest BCUT2D eigenvalue weighted by Gasteiger charge is -2.34. The third kappa shape index (κ3) is 6.63. The predicted octanol–water partition coefficient (Wildman–Crippen LogP) is 4.08. The number of methoxy groups -OCH3 is 2. The number of likely N-dealkylation sites (N-methyl/N-ethyl adjacent to an activating group) is 1. The average molecular weight is 564 g/mol. The molecule has 1 unspecified atom stereocenters. The fourth-order valence-corrected chi connectivity index (χ4v) is 6.15.